The van der Waals surface area contributed by atoms with Crippen LogP contribution in [-0.2, 0) is 11.2 Å². The number of aryl methyl sites for hydroxylation is 3. The van der Waals surface area contributed by atoms with Gasteiger partial charge in [-0.2, -0.15) is 10.1 Å². The summed E-state index contributed by atoms with van der Waals surface area (Å²) < 4.78 is 18.4. The van der Waals surface area contributed by atoms with Crippen LogP contribution in [0.25, 0.3) is 16.7 Å². The molecule has 0 bridgehead atoms. The molecule has 0 saturated carbocycles. The third-order valence-corrected chi connectivity index (χ3v) is 6.21. The minimum absolute atomic E-state index is 0.174. The van der Waals surface area contributed by atoms with Crippen molar-refractivity contribution in [1.82, 2.24) is 20.1 Å². The zero-order chi connectivity index (χ0) is 25.8. The number of aromatic nitrogens is 3. The quantitative estimate of drug-likeness (QED) is 0.362. The van der Waals surface area contributed by atoms with Gasteiger partial charge in [-0.05, 0) is 68.7 Å². The summed E-state index contributed by atoms with van der Waals surface area (Å²) in [5.74, 6) is 1.45. The fraction of sp³-hybridized carbons (Fsp3) is 0.321. The van der Waals surface area contributed by atoms with E-state index in [1.54, 1.807) is 14.2 Å². The van der Waals surface area contributed by atoms with Crippen LogP contribution in [0.5, 0.6) is 17.4 Å². The first-order valence-corrected chi connectivity index (χ1v) is 11.9. The van der Waals surface area contributed by atoms with Crippen LogP contribution in [0.15, 0.2) is 48.5 Å². The molecule has 1 N–H and O–H groups in total. The first kappa shape index (κ1) is 25.0. The van der Waals surface area contributed by atoms with E-state index in [2.05, 4.69) is 24.4 Å². The summed E-state index contributed by atoms with van der Waals surface area (Å²) in [4.78, 5) is 17.4. The number of methoxy groups -OCH3 is 2. The van der Waals surface area contributed by atoms with E-state index in [1.165, 1.54) is 5.56 Å². The molecule has 2 aromatic carbocycles. The van der Waals surface area contributed by atoms with E-state index in [1.807, 2.05) is 61.9 Å². The number of nitrogens with zero attached hydrogens (tertiary/aromatic N) is 3. The standard InChI is InChI=1S/C28H32N4O4/c1-7-20-8-10-21(11-9-20)32-28-27(19(4)31-32)17(2)14-26(30-28)36-16-25(33)29-18(3)23-15-22(34-5)12-13-24(23)35-6/h8-15,18H,7,16H2,1-6H3,(H,29,33)/t18-/m0/s1. The molecular formula is C28H32N4O4. The van der Waals surface area contributed by atoms with Crippen LogP contribution in [0.3, 0.4) is 0 Å². The summed E-state index contributed by atoms with van der Waals surface area (Å²) in [7, 11) is 3.19. The van der Waals surface area contributed by atoms with E-state index in [0.717, 1.165) is 34.3 Å². The number of nitrogens with one attached hydrogen (secondary N) is 1. The summed E-state index contributed by atoms with van der Waals surface area (Å²) in [6.07, 6.45) is 0.972. The Morgan fingerprint density at radius 2 is 1.81 bits per heavy atom. The van der Waals surface area contributed by atoms with Crippen molar-refractivity contribution in [3.05, 3.63) is 70.9 Å². The summed E-state index contributed by atoms with van der Waals surface area (Å²) in [6, 6.07) is 15.3. The lowest BCUT2D eigenvalue weighted by Crippen LogP contribution is -2.31. The number of carbonyl (C=O) groups is 1. The Morgan fingerprint density at radius 1 is 1.06 bits per heavy atom. The third kappa shape index (κ3) is 5.12. The lowest BCUT2D eigenvalue weighted by atomic mass is 10.1. The maximum atomic E-state index is 12.7. The number of fused-ring (bicyclic) bond motifs is 1. The Morgan fingerprint density at radius 3 is 2.47 bits per heavy atom. The minimum atomic E-state index is -0.307. The van der Waals surface area contributed by atoms with E-state index in [0.29, 0.717) is 23.0 Å². The van der Waals surface area contributed by atoms with Gasteiger partial charge >= 0.3 is 0 Å². The van der Waals surface area contributed by atoms with Gasteiger partial charge in [0.15, 0.2) is 12.3 Å². The molecule has 0 radical (unpaired) electrons. The topological polar surface area (TPSA) is 87.5 Å². The molecule has 0 spiro atoms. The number of pyridine rings is 1. The first-order chi connectivity index (χ1) is 17.3. The highest BCUT2D eigenvalue weighted by Crippen LogP contribution is 2.30. The van der Waals surface area contributed by atoms with Gasteiger partial charge in [-0.25, -0.2) is 4.68 Å². The van der Waals surface area contributed by atoms with Gasteiger partial charge in [-0.15, -0.1) is 0 Å². The summed E-state index contributed by atoms with van der Waals surface area (Å²) in [5, 5.41) is 8.64. The highest BCUT2D eigenvalue weighted by molar-refractivity contribution is 5.84. The molecule has 2 aromatic heterocycles. The van der Waals surface area contributed by atoms with Crippen molar-refractivity contribution >= 4 is 16.9 Å². The average Bonchev–Trinajstić information content (AvgIpc) is 3.23. The second kappa shape index (κ2) is 10.7. The Bertz CT molecular complexity index is 1380. The first-order valence-electron chi connectivity index (χ1n) is 11.9. The fourth-order valence-corrected chi connectivity index (χ4v) is 4.28. The number of ether oxygens (including phenoxy) is 3. The van der Waals surface area contributed by atoms with E-state index in [9.17, 15) is 4.79 Å². The van der Waals surface area contributed by atoms with Crippen LogP contribution < -0.4 is 19.5 Å². The van der Waals surface area contributed by atoms with Gasteiger partial charge in [0, 0.05) is 17.0 Å². The SMILES string of the molecule is CCc1ccc(-n2nc(C)c3c(C)cc(OCC(=O)N[C@@H](C)c4cc(OC)ccc4OC)nc32)cc1. The molecule has 0 fully saturated rings. The largest absolute Gasteiger partial charge is 0.497 e. The van der Waals surface area contributed by atoms with Crippen LogP contribution in [0, 0.1) is 13.8 Å². The molecule has 0 aliphatic rings. The highest BCUT2D eigenvalue weighted by atomic mass is 16.5. The molecule has 0 saturated heterocycles. The summed E-state index contributed by atoms with van der Waals surface area (Å²) in [6.45, 7) is 7.80. The molecule has 36 heavy (non-hydrogen) atoms. The van der Waals surface area contributed by atoms with E-state index in [-0.39, 0.29) is 18.6 Å². The third-order valence-electron chi connectivity index (χ3n) is 6.21. The van der Waals surface area contributed by atoms with Gasteiger partial charge in [0.2, 0.25) is 5.88 Å². The average molecular weight is 489 g/mol. The lowest BCUT2D eigenvalue weighted by Gasteiger charge is -2.18. The number of hydrogen-bond donors (Lipinski definition) is 1. The van der Waals surface area contributed by atoms with Gasteiger partial charge in [0.05, 0.1) is 31.6 Å². The predicted molar refractivity (Wildman–Crippen MR) is 139 cm³/mol. The van der Waals surface area contributed by atoms with Gasteiger partial charge in [0.25, 0.3) is 5.91 Å². The monoisotopic (exact) mass is 488 g/mol. The van der Waals surface area contributed by atoms with E-state index < -0.39 is 0 Å². The van der Waals surface area contributed by atoms with E-state index >= 15 is 0 Å². The number of benzene rings is 2. The van der Waals surface area contributed by atoms with Crippen LogP contribution in [0.4, 0.5) is 0 Å². The maximum absolute atomic E-state index is 12.7. The summed E-state index contributed by atoms with van der Waals surface area (Å²) >= 11 is 0. The van der Waals surface area contributed by atoms with Crippen molar-refractivity contribution in [1.29, 1.82) is 0 Å². The predicted octanol–water partition coefficient (Wildman–Crippen LogP) is 4.87. The second-order valence-corrected chi connectivity index (χ2v) is 8.68. The molecule has 0 unspecified atom stereocenters. The molecule has 0 aliphatic heterocycles. The normalized spacial score (nSPS) is 11.8. The molecule has 1 amide bonds. The Balaban J connectivity index is 1.52. The maximum Gasteiger partial charge on any atom is 0.258 e. The van der Waals surface area contributed by atoms with Crippen molar-refractivity contribution in [2.75, 3.05) is 20.8 Å². The number of hydrogen-bond acceptors (Lipinski definition) is 6. The Labute approximate surface area is 211 Å². The van der Waals surface area contributed by atoms with Gasteiger partial charge in [0.1, 0.15) is 11.5 Å². The molecule has 0 aliphatic carbocycles. The molecular weight excluding hydrogens is 456 g/mol. The molecule has 4 aromatic rings. The molecule has 4 rings (SSSR count). The fourth-order valence-electron chi connectivity index (χ4n) is 4.28. The van der Waals surface area contributed by atoms with Gasteiger partial charge in [-0.3, -0.25) is 4.79 Å². The zero-order valence-corrected chi connectivity index (χ0v) is 21.6. The van der Waals surface area contributed by atoms with Crippen LogP contribution in [0.1, 0.15) is 42.3 Å². The van der Waals surface area contributed by atoms with Gasteiger partial charge in [-0.1, -0.05) is 19.1 Å². The number of rotatable bonds is 9. The summed E-state index contributed by atoms with van der Waals surface area (Å²) in [5.41, 5.74) is 5.56. The van der Waals surface area contributed by atoms with Crippen molar-refractivity contribution in [2.45, 2.75) is 40.2 Å². The Kier molecular flexibility index (Phi) is 7.43. The van der Waals surface area contributed by atoms with Crippen LogP contribution in [0.2, 0.25) is 0 Å². The minimum Gasteiger partial charge on any atom is -0.497 e. The molecule has 2 heterocycles. The molecule has 8 nitrogen and oxygen atoms in total. The lowest BCUT2D eigenvalue weighted by molar-refractivity contribution is -0.123. The van der Waals surface area contributed by atoms with Crippen molar-refractivity contribution in [3.8, 4) is 23.1 Å². The molecule has 1 atom stereocenters. The van der Waals surface area contributed by atoms with E-state index in [4.69, 9.17) is 24.3 Å². The van der Waals surface area contributed by atoms with Crippen molar-refractivity contribution in [2.24, 2.45) is 0 Å². The van der Waals surface area contributed by atoms with Crippen molar-refractivity contribution < 1.29 is 19.0 Å². The molecule has 188 valence electrons. The smallest absolute Gasteiger partial charge is 0.258 e. The Hall–Kier alpha value is -4.07. The van der Waals surface area contributed by atoms with Gasteiger partial charge < -0.3 is 19.5 Å². The highest BCUT2D eigenvalue weighted by Gasteiger charge is 2.18. The van der Waals surface area contributed by atoms with Crippen molar-refractivity contribution in [3.63, 3.8) is 0 Å². The van der Waals surface area contributed by atoms with Crippen LogP contribution >= 0.6 is 0 Å². The second-order valence-electron chi connectivity index (χ2n) is 8.68. The zero-order valence-electron chi connectivity index (χ0n) is 21.6. The molecule has 8 heteroatoms. The number of carbonyl (C=O) groups excluding carboxylic acids is 1. The number of amides is 1. The van der Waals surface area contributed by atoms with Crippen LogP contribution in [-0.4, -0.2) is 41.5 Å².